The van der Waals surface area contributed by atoms with Crippen LogP contribution in [0.15, 0.2) is 17.0 Å². The molecule has 0 N–H and O–H groups in total. The Kier molecular flexibility index (Phi) is 6.68. The maximum absolute atomic E-state index is 5.83. The first-order chi connectivity index (χ1) is 7.31. The van der Waals surface area contributed by atoms with E-state index in [1.165, 1.54) is 0 Å². The Bertz CT molecular complexity index is 253. The summed E-state index contributed by atoms with van der Waals surface area (Å²) in [6, 6.07) is 0. The summed E-state index contributed by atoms with van der Waals surface area (Å²) in [7, 11) is 0. The van der Waals surface area contributed by atoms with Crippen molar-refractivity contribution in [2.75, 3.05) is 17.3 Å². The monoisotopic (exact) mass is 263 g/mol. The Hall–Kier alpha value is 0.260. The summed E-state index contributed by atoms with van der Waals surface area (Å²) in [6.07, 6.45) is 4.52. The number of hydrogen-bond acceptors (Lipinski definition) is 5. The van der Waals surface area contributed by atoms with Gasteiger partial charge in [-0.3, -0.25) is 4.99 Å². The molecule has 0 aliphatic carbocycles. The van der Waals surface area contributed by atoms with Gasteiger partial charge in [-0.15, -0.1) is 0 Å². The first-order valence-electron chi connectivity index (χ1n) is 5.06. The minimum Gasteiger partial charge on any atom is -0.487 e. The molecule has 0 amide bonds. The van der Waals surface area contributed by atoms with Crippen molar-refractivity contribution in [1.82, 2.24) is 0 Å². The van der Waals surface area contributed by atoms with E-state index in [4.69, 9.17) is 4.74 Å². The molecule has 0 saturated carbocycles. The maximum atomic E-state index is 5.83. The Labute approximate surface area is 108 Å². The lowest BCUT2D eigenvalue weighted by Crippen LogP contribution is -2.27. The fourth-order valence-electron chi connectivity index (χ4n) is 1.44. The second-order valence-corrected chi connectivity index (χ2v) is 4.62. The Morgan fingerprint density at radius 1 is 1.13 bits per heavy atom. The molecule has 0 spiro atoms. The second-order valence-electron chi connectivity index (χ2n) is 3.28. The Morgan fingerprint density at radius 3 is 2.47 bits per heavy atom. The average Bonchev–Trinajstić information content (AvgIpc) is 2.23. The second kappa shape index (κ2) is 7.52. The molecule has 0 bridgehead atoms. The number of allylic oxidation sites excluding steroid dienone is 1. The van der Waals surface area contributed by atoms with E-state index in [0.717, 1.165) is 48.0 Å². The van der Waals surface area contributed by atoms with E-state index in [1.54, 1.807) is 0 Å². The highest BCUT2D eigenvalue weighted by atomic mass is 32.1. The van der Waals surface area contributed by atoms with E-state index >= 15 is 0 Å². The predicted molar refractivity (Wildman–Crippen MR) is 75.8 cm³/mol. The SMILES string of the molecule is SCCC1=CN=C(CCS)C(CCS)O1. The molecule has 0 aromatic rings. The average molecular weight is 263 g/mol. The number of ether oxygens (including phenoxy) is 1. The number of aliphatic imine (C=N–C) groups is 1. The van der Waals surface area contributed by atoms with Crippen molar-refractivity contribution in [1.29, 1.82) is 0 Å². The van der Waals surface area contributed by atoms with E-state index < -0.39 is 0 Å². The number of rotatable bonds is 6. The third-order valence-corrected chi connectivity index (χ3v) is 2.86. The van der Waals surface area contributed by atoms with Gasteiger partial charge in [-0.2, -0.15) is 37.9 Å². The smallest absolute Gasteiger partial charge is 0.137 e. The third kappa shape index (κ3) is 4.33. The first-order valence-corrected chi connectivity index (χ1v) is 6.96. The molecule has 2 nitrogen and oxygen atoms in total. The summed E-state index contributed by atoms with van der Waals surface area (Å²) < 4.78 is 5.83. The molecule has 1 atom stereocenters. The van der Waals surface area contributed by atoms with Crippen LogP contribution in [0.2, 0.25) is 0 Å². The zero-order chi connectivity index (χ0) is 11.1. The van der Waals surface area contributed by atoms with Gasteiger partial charge in [0.1, 0.15) is 11.9 Å². The topological polar surface area (TPSA) is 21.6 Å². The highest BCUT2D eigenvalue weighted by Gasteiger charge is 2.20. The van der Waals surface area contributed by atoms with E-state index in [2.05, 4.69) is 42.9 Å². The molecule has 5 heteroatoms. The summed E-state index contributed by atoms with van der Waals surface area (Å²) >= 11 is 12.6. The summed E-state index contributed by atoms with van der Waals surface area (Å²) in [5, 5.41) is 0. The van der Waals surface area contributed by atoms with Crippen molar-refractivity contribution in [3.8, 4) is 0 Å². The van der Waals surface area contributed by atoms with Gasteiger partial charge in [0.15, 0.2) is 0 Å². The number of thiol groups is 3. The van der Waals surface area contributed by atoms with Gasteiger partial charge >= 0.3 is 0 Å². The maximum Gasteiger partial charge on any atom is 0.137 e. The van der Waals surface area contributed by atoms with Crippen LogP contribution in [0.5, 0.6) is 0 Å². The van der Waals surface area contributed by atoms with Crippen LogP contribution in [0, 0.1) is 0 Å². The molecule has 0 fully saturated rings. The normalized spacial score (nSPS) is 20.6. The van der Waals surface area contributed by atoms with E-state index in [0.29, 0.717) is 0 Å². The van der Waals surface area contributed by atoms with Crippen molar-refractivity contribution in [3.05, 3.63) is 12.0 Å². The quantitative estimate of drug-likeness (QED) is 0.630. The predicted octanol–water partition coefficient (Wildman–Crippen LogP) is 2.63. The van der Waals surface area contributed by atoms with Gasteiger partial charge in [-0.1, -0.05) is 0 Å². The van der Waals surface area contributed by atoms with Gasteiger partial charge < -0.3 is 4.74 Å². The van der Waals surface area contributed by atoms with E-state index in [9.17, 15) is 0 Å². The number of nitrogens with zero attached hydrogens (tertiary/aromatic N) is 1. The van der Waals surface area contributed by atoms with Crippen LogP contribution in [0.25, 0.3) is 0 Å². The van der Waals surface area contributed by atoms with Crippen LogP contribution in [0.4, 0.5) is 0 Å². The van der Waals surface area contributed by atoms with E-state index in [1.807, 2.05) is 6.20 Å². The summed E-state index contributed by atoms with van der Waals surface area (Å²) in [5.41, 5.74) is 1.09. The molecular formula is C10H17NOS3. The molecule has 1 aliphatic heterocycles. The molecule has 1 unspecified atom stereocenters. The molecule has 1 heterocycles. The van der Waals surface area contributed by atoms with Crippen LogP contribution in [-0.4, -0.2) is 29.1 Å². The van der Waals surface area contributed by atoms with Gasteiger partial charge in [0, 0.05) is 6.42 Å². The molecule has 1 rings (SSSR count). The molecular weight excluding hydrogens is 246 g/mol. The van der Waals surface area contributed by atoms with Gasteiger partial charge in [0.05, 0.1) is 11.9 Å². The molecule has 0 aromatic heterocycles. The summed E-state index contributed by atoms with van der Waals surface area (Å²) in [4.78, 5) is 4.43. The minimum absolute atomic E-state index is 0.0922. The lowest BCUT2D eigenvalue weighted by Gasteiger charge is -2.24. The van der Waals surface area contributed by atoms with Gasteiger partial charge in [0.25, 0.3) is 0 Å². The molecule has 0 saturated heterocycles. The van der Waals surface area contributed by atoms with E-state index in [-0.39, 0.29) is 6.10 Å². The van der Waals surface area contributed by atoms with Crippen LogP contribution in [0.3, 0.4) is 0 Å². The zero-order valence-electron chi connectivity index (χ0n) is 8.59. The van der Waals surface area contributed by atoms with Gasteiger partial charge in [-0.05, 0) is 30.1 Å². The lowest BCUT2D eigenvalue weighted by molar-refractivity contribution is 0.154. The molecule has 0 radical (unpaired) electrons. The Morgan fingerprint density at radius 2 is 1.87 bits per heavy atom. The molecule has 0 aromatic carbocycles. The Balaban J connectivity index is 2.63. The van der Waals surface area contributed by atoms with Crippen LogP contribution in [-0.2, 0) is 4.74 Å². The molecule has 15 heavy (non-hydrogen) atoms. The third-order valence-electron chi connectivity index (χ3n) is 2.16. The first kappa shape index (κ1) is 13.3. The van der Waals surface area contributed by atoms with Crippen molar-refractivity contribution < 1.29 is 4.74 Å². The lowest BCUT2D eigenvalue weighted by atomic mass is 10.1. The minimum atomic E-state index is 0.0922. The van der Waals surface area contributed by atoms with Crippen LogP contribution in [0.1, 0.15) is 19.3 Å². The van der Waals surface area contributed by atoms with Crippen LogP contribution < -0.4 is 0 Å². The summed E-state index contributed by atoms with van der Waals surface area (Å²) in [6.45, 7) is 0. The van der Waals surface area contributed by atoms with Crippen molar-refractivity contribution in [2.45, 2.75) is 25.4 Å². The zero-order valence-corrected chi connectivity index (χ0v) is 11.3. The standard InChI is InChI=1S/C10H17NOS3/c13-4-1-8-7-11-9(2-5-14)10(12-8)3-6-15/h7,10,13-15H,1-6H2. The largest absolute Gasteiger partial charge is 0.487 e. The molecule has 86 valence electrons. The van der Waals surface area contributed by atoms with Gasteiger partial charge in [-0.25, -0.2) is 0 Å². The van der Waals surface area contributed by atoms with Crippen molar-refractivity contribution >= 4 is 43.6 Å². The van der Waals surface area contributed by atoms with Crippen LogP contribution >= 0.6 is 37.9 Å². The highest BCUT2D eigenvalue weighted by molar-refractivity contribution is 7.80. The van der Waals surface area contributed by atoms with Crippen molar-refractivity contribution in [3.63, 3.8) is 0 Å². The molecule has 1 aliphatic rings. The number of hydrogen-bond donors (Lipinski definition) is 3. The fourth-order valence-corrected chi connectivity index (χ4v) is 2.12. The fraction of sp³-hybridized carbons (Fsp3) is 0.700. The summed E-state index contributed by atoms with van der Waals surface area (Å²) in [5.74, 6) is 3.34. The van der Waals surface area contributed by atoms with Gasteiger partial charge in [0.2, 0.25) is 0 Å². The highest BCUT2D eigenvalue weighted by Crippen LogP contribution is 2.19. The van der Waals surface area contributed by atoms with Crippen molar-refractivity contribution in [2.24, 2.45) is 4.99 Å².